The van der Waals surface area contributed by atoms with Crippen LogP contribution in [-0.2, 0) is 27.1 Å². The van der Waals surface area contributed by atoms with Gasteiger partial charge in [-0.05, 0) is 23.8 Å². The fraction of sp³-hybridized carbons (Fsp3) is 0.188. The maximum atomic E-state index is 14.0. The summed E-state index contributed by atoms with van der Waals surface area (Å²) in [6.07, 6.45) is 1.24. The number of carbonyl (C=O) groups excluding carboxylic acids is 1. The Labute approximate surface area is 148 Å². The molecule has 0 N–H and O–H groups in total. The molecular weight excluding hydrogens is 371 g/mol. The van der Waals surface area contributed by atoms with Crippen molar-refractivity contribution in [2.45, 2.75) is 12.3 Å². The van der Waals surface area contributed by atoms with Crippen molar-refractivity contribution in [1.29, 1.82) is 0 Å². The van der Waals surface area contributed by atoms with Crippen LogP contribution >= 0.6 is 11.6 Å². The molecule has 25 heavy (non-hydrogen) atoms. The van der Waals surface area contributed by atoms with Crippen molar-refractivity contribution in [2.75, 3.05) is 11.4 Å². The number of aliphatic imine (C=N–C) groups is 1. The molecule has 1 aliphatic rings. The van der Waals surface area contributed by atoms with Crippen LogP contribution in [0.1, 0.15) is 11.1 Å². The Morgan fingerprint density at radius 1 is 1.36 bits per heavy atom. The third-order valence-corrected chi connectivity index (χ3v) is 5.76. The van der Waals surface area contributed by atoms with E-state index in [1.165, 1.54) is 13.2 Å². The smallest absolute Gasteiger partial charge is 0.240 e. The highest BCUT2D eigenvalue weighted by Crippen LogP contribution is 2.46. The molecule has 6 nitrogen and oxygen atoms in total. The second kappa shape index (κ2) is 6.48. The number of sulfonamides is 1. The lowest BCUT2D eigenvalue weighted by molar-refractivity contribution is 0.414. The zero-order chi connectivity index (χ0) is 18.2. The average Bonchev–Trinajstić information content (AvgIpc) is 2.83. The van der Waals surface area contributed by atoms with Gasteiger partial charge in [-0.2, -0.15) is 4.99 Å². The van der Waals surface area contributed by atoms with Gasteiger partial charge in [0.05, 0.1) is 30.1 Å². The first kappa shape index (κ1) is 17.4. The van der Waals surface area contributed by atoms with Gasteiger partial charge in [-0.3, -0.25) is 4.31 Å². The fourth-order valence-electron chi connectivity index (χ4n) is 2.69. The van der Waals surface area contributed by atoms with Crippen molar-refractivity contribution < 1.29 is 22.3 Å². The number of fused-ring (bicyclic) bond motifs is 1. The molecule has 2 aromatic rings. The van der Waals surface area contributed by atoms with Crippen LogP contribution in [0.25, 0.3) is 0 Å². The summed E-state index contributed by atoms with van der Waals surface area (Å²) in [6.45, 7) is 0.00885. The summed E-state index contributed by atoms with van der Waals surface area (Å²) in [4.78, 5) is 13.8. The number of halogens is 2. The number of ether oxygens (including phenoxy) is 1. The van der Waals surface area contributed by atoms with Crippen molar-refractivity contribution in [2.24, 2.45) is 4.99 Å². The standard InChI is InChI=1S/C16H12ClFN2O4S/c1-24-11-4-2-10(3-5-11)7-20-16-12(8-25(20,22)23)15(19-9-21)14(18)6-13(16)17/h2-6H,7-8H2,1H3. The monoisotopic (exact) mass is 382 g/mol. The third-order valence-electron chi connectivity index (χ3n) is 3.83. The molecular formula is C16H12ClFN2O4S. The molecule has 0 saturated heterocycles. The van der Waals surface area contributed by atoms with Crippen LogP contribution in [-0.4, -0.2) is 21.6 Å². The molecule has 9 heteroatoms. The zero-order valence-electron chi connectivity index (χ0n) is 13.0. The first-order valence-electron chi connectivity index (χ1n) is 7.09. The first-order valence-corrected chi connectivity index (χ1v) is 9.08. The minimum atomic E-state index is -3.78. The second-order valence-corrected chi connectivity index (χ2v) is 7.63. The molecule has 3 rings (SSSR count). The van der Waals surface area contributed by atoms with Crippen molar-refractivity contribution >= 4 is 39.1 Å². The van der Waals surface area contributed by atoms with Gasteiger partial charge >= 0.3 is 0 Å². The Hall–Kier alpha value is -2.41. The lowest BCUT2D eigenvalue weighted by Crippen LogP contribution is -2.26. The van der Waals surface area contributed by atoms with Gasteiger partial charge in [0.1, 0.15) is 11.4 Å². The minimum Gasteiger partial charge on any atom is -0.497 e. The molecule has 0 fully saturated rings. The minimum absolute atomic E-state index is 0.00885. The van der Waals surface area contributed by atoms with E-state index in [9.17, 15) is 17.6 Å². The zero-order valence-corrected chi connectivity index (χ0v) is 14.6. The molecule has 0 radical (unpaired) electrons. The number of rotatable bonds is 4. The normalized spacial score (nSPS) is 14.8. The Morgan fingerprint density at radius 2 is 2.04 bits per heavy atom. The van der Waals surface area contributed by atoms with Crippen LogP contribution in [0.4, 0.5) is 15.8 Å². The Balaban J connectivity index is 2.10. The van der Waals surface area contributed by atoms with Crippen molar-refractivity contribution in [3.8, 4) is 5.75 Å². The van der Waals surface area contributed by atoms with Crippen LogP contribution in [0.15, 0.2) is 35.3 Å². The molecule has 1 aliphatic heterocycles. The quantitative estimate of drug-likeness (QED) is 0.600. The summed E-state index contributed by atoms with van der Waals surface area (Å²) >= 11 is 6.08. The predicted octanol–water partition coefficient (Wildman–Crippen LogP) is 3.31. The number of hydrogen-bond acceptors (Lipinski definition) is 5. The van der Waals surface area contributed by atoms with Gasteiger partial charge < -0.3 is 4.74 Å². The number of methoxy groups -OCH3 is 1. The number of anilines is 1. The Morgan fingerprint density at radius 3 is 2.64 bits per heavy atom. The van der Waals surface area contributed by atoms with E-state index in [-0.39, 0.29) is 28.5 Å². The molecule has 2 aromatic carbocycles. The van der Waals surface area contributed by atoms with E-state index < -0.39 is 21.6 Å². The predicted molar refractivity (Wildman–Crippen MR) is 91.0 cm³/mol. The summed E-state index contributed by atoms with van der Waals surface area (Å²) in [7, 11) is -2.25. The van der Waals surface area contributed by atoms with Gasteiger partial charge in [0.2, 0.25) is 16.1 Å². The van der Waals surface area contributed by atoms with Crippen molar-refractivity contribution in [1.82, 2.24) is 0 Å². The number of benzene rings is 2. The van der Waals surface area contributed by atoms with Gasteiger partial charge in [0.25, 0.3) is 0 Å². The van der Waals surface area contributed by atoms with Gasteiger partial charge in [0.15, 0.2) is 5.82 Å². The van der Waals surface area contributed by atoms with Crippen LogP contribution in [0.2, 0.25) is 5.02 Å². The molecule has 0 saturated carbocycles. The van der Waals surface area contributed by atoms with Crippen molar-refractivity contribution in [3.63, 3.8) is 0 Å². The van der Waals surface area contributed by atoms with E-state index in [1.54, 1.807) is 24.3 Å². The highest BCUT2D eigenvalue weighted by Gasteiger charge is 2.38. The van der Waals surface area contributed by atoms with Crippen LogP contribution in [0, 0.1) is 5.82 Å². The van der Waals surface area contributed by atoms with E-state index in [4.69, 9.17) is 16.3 Å². The van der Waals surface area contributed by atoms with Crippen LogP contribution < -0.4 is 9.04 Å². The highest BCUT2D eigenvalue weighted by atomic mass is 35.5. The third kappa shape index (κ3) is 3.11. The fourth-order valence-corrected chi connectivity index (χ4v) is 4.68. The van der Waals surface area contributed by atoms with Gasteiger partial charge in [-0.25, -0.2) is 17.6 Å². The molecule has 0 unspecified atom stereocenters. The van der Waals surface area contributed by atoms with E-state index >= 15 is 0 Å². The van der Waals surface area contributed by atoms with Gasteiger partial charge in [0, 0.05) is 5.56 Å². The summed E-state index contributed by atoms with van der Waals surface area (Å²) in [5, 5.41) is -0.0630. The van der Waals surface area contributed by atoms with E-state index in [0.717, 1.165) is 10.4 Å². The van der Waals surface area contributed by atoms with E-state index in [0.29, 0.717) is 11.3 Å². The summed E-state index contributed by atoms with van der Waals surface area (Å²) in [5.74, 6) is -0.721. The molecule has 0 bridgehead atoms. The van der Waals surface area contributed by atoms with Crippen LogP contribution in [0.3, 0.4) is 0 Å². The van der Waals surface area contributed by atoms with E-state index in [1.807, 2.05) is 0 Å². The number of nitrogens with zero attached hydrogens (tertiary/aromatic N) is 2. The Bertz CT molecular complexity index is 986. The summed E-state index contributed by atoms with van der Waals surface area (Å²) in [6, 6.07) is 7.78. The van der Waals surface area contributed by atoms with Gasteiger partial charge in [-0.15, -0.1) is 0 Å². The lowest BCUT2D eigenvalue weighted by Gasteiger charge is -2.20. The highest BCUT2D eigenvalue weighted by molar-refractivity contribution is 7.92. The number of isocyanates is 1. The van der Waals surface area contributed by atoms with Crippen LogP contribution in [0.5, 0.6) is 5.75 Å². The molecule has 1 heterocycles. The molecule has 0 amide bonds. The SMILES string of the molecule is COc1ccc(CN2c3c(Cl)cc(F)c(N=C=O)c3CS2(=O)=O)cc1. The maximum absolute atomic E-state index is 14.0. The first-order chi connectivity index (χ1) is 11.9. The second-order valence-electron chi connectivity index (χ2n) is 5.33. The molecule has 0 atom stereocenters. The topological polar surface area (TPSA) is 76.0 Å². The summed E-state index contributed by atoms with van der Waals surface area (Å²) < 4.78 is 45.3. The van der Waals surface area contributed by atoms with Crippen molar-refractivity contribution in [3.05, 3.63) is 52.3 Å². The van der Waals surface area contributed by atoms with Gasteiger partial charge in [-0.1, -0.05) is 23.7 Å². The van der Waals surface area contributed by atoms with E-state index in [2.05, 4.69) is 4.99 Å². The maximum Gasteiger partial charge on any atom is 0.240 e. The molecule has 0 aromatic heterocycles. The lowest BCUT2D eigenvalue weighted by atomic mass is 10.1. The molecule has 0 spiro atoms. The largest absolute Gasteiger partial charge is 0.497 e. The molecule has 130 valence electrons. The summed E-state index contributed by atoms with van der Waals surface area (Å²) in [5.41, 5.74) is 0.531. The Kier molecular flexibility index (Phi) is 4.51. The number of hydrogen-bond donors (Lipinski definition) is 0. The molecule has 0 aliphatic carbocycles. The average molecular weight is 383 g/mol.